The average Bonchev–Trinajstić information content (AvgIpc) is 3.00. The van der Waals surface area contributed by atoms with Gasteiger partial charge >= 0.3 is 5.97 Å². The van der Waals surface area contributed by atoms with Gasteiger partial charge in [-0.25, -0.2) is 0 Å². The van der Waals surface area contributed by atoms with Gasteiger partial charge < -0.3 is 15.4 Å². The van der Waals surface area contributed by atoms with Gasteiger partial charge in [-0.1, -0.05) is 0 Å². The van der Waals surface area contributed by atoms with E-state index in [9.17, 15) is 9.59 Å². The topological polar surface area (TPSA) is 85.2 Å². The minimum atomic E-state index is -0.381. The highest BCUT2D eigenvalue weighted by Crippen LogP contribution is 2.09. The van der Waals surface area contributed by atoms with Gasteiger partial charge in [0.25, 0.3) is 0 Å². The van der Waals surface area contributed by atoms with Crippen LogP contribution in [0.5, 0.6) is 0 Å². The van der Waals surface area contributed by atoms with E-state index in [2.05, 4.69) is 20.5 Å². The molecule has 1 aromatic rings. The highest BCUT2D eigenvalue weighted by Gasteiger charge is 2.22. The summed E-state index contributed by atoms with van der Waals surface area (Å²) in [6.07, 6.45) is 3.47. The largest absolute Gasteiger partial charge is 0.468 e. The molecule has 2 heterocycles. The molecule has 2 N–H and O–H groups in total. The van der Waals surface area contributed by atoms with Crippen LogP contribution in [0.3, 0.4) is 0 Å². The van der Waals surface area contributed by atoms with Gasteiger partial charge in [0.15, 0.2) is 5.82 Å². The van der Waals surface area contributed by atoms with Crippen LogP contribution in [0.2, 0.25) is 0 Å². The van der Waals surface area contributed by atoms with Crippen LogP contribution in [0.15, 0.2) is 12.3 Å². The highest BCUT2D eigenvalue weighted by atomic mass is 35.5. The zero-order chi connectivity index (χ0) is 13.0. The van der Waals surface area contributed by atoms with E-state index in [1.54, 1.807) is 12.3 Å². The van der Waals surface area contributed by atoms with E-state index in [4.69, 9.17) is 0 Å². The first-order valence-corrected chi connectivity index (χ1v) is 5.83. The van der Waals surface area contributed by atoms with Gasteiger partial charge in [-0.05, 0) is 19.4 Å². The molecule has 8 heteroatoms. The molecule has 1 unspecified atom stereocenters. The Morgan fingerprint density at radius 1 is 1.63 bits per heavy atom. The quantitative estimate of drug-likeness (QED) is 0.772. The SMILES string of the molecule is COC(=O)Cn1ccc(NC(=O)C2CCCN2)n1.Cl. The molecular formula is C11H17ClN4O3. The molecule has 0 spiro atoms. The second-order valence-corrected chi connectivity index (χ2v) is 4.11. The third-order valence-electron chi connectivity index (χ3n) is 2.79. The first-order chi connectivity index (χ1) is 8.69. The highest BCUT2D eigenvalue weighted by molar-refractivity contribution is 5.94. The Kier molecular flexibility index (Phi) is 5.78. The summed E-state index contributed by atoms with van der Waals surface area (Å²) in [5.41, 5.74) is 0. The van der Waals surface area contributed by atoms with Gasteiger partial charge in [-0.2, -0.15) is 5.10 Å². The number of rotatable bonds is 4. The number of carbonyl (C=O) groups excluding carboxylic acids is 2. The van der Waals surface area contributed by atoms with E-state index in [-0.39, 0.29) is 36.9 Å². The molecule has 19 heavy (non-hydrogen) atoms. The van der Waals surface area contributed by atoms with Crippen molar-refractivity contribution >= 4 is 30.1 Å². The van der Waals surface area contributed by atoms with Crippen LogP contribution in [0.4, 0.5) is 5.82 Å². The summed E-state index contributed by atoms with van der Waals surface area (Å²) in [5, 5.41) is 9.88. The number of ether oxygens (including phenoxy) is 1. The van der Waals surface area contributed by atoms with Crippen molar-refractivity contribution in [2.75, 3.05) is 19.0 Å². The maximum atomic E-state index is 11.8. The molecule has 7 nitrogen and oxygen atoms in total. The van der Waals surface area contributed by atoms with Crippen molar-refractivity contribution in [2.45, 2.75) is 25.4 Å². The smallest absolute Gasteiger partial charge is 0.327 e. The molecule has 1 atom stereocenters. The molecule has 1 amide bonds. The van der Waals surface area contributed by atoms with Crippen LogP contribution in [0.25, 0.3) is 0 Å². The van der Waals surface area contributed by atoms with Crippen molar-refractivity contribution in [1.29, 1.82) is 0 Å². The maximum absolute atomic E-state index is 11.8. The fraction of sp³-hybridized carbons (Fsp3) is 0.545. The number of hydrogen-bond acceptors (Lipinski definition) is 5. The predicted octanol–water partition coefficient (Wildman–Crippen LogP) is 0.168. The van der Waals surface area contributed by atoms with Gasteiger partial charge in [0, 0.05) is 12.3 Å². The number of amides is 1. The van der Waals surface area contributed by atoms with Crippen molar-refractivity contribution in [1.82, 2.24) is 15.1 Å². The monoisotopic (exact) mass is 288 g/mol. The van der Waals surface area contributed by atoms with Crippen molar-refractivity contribution < 1.29 is 14.3 Å². The molecule has 1 saturated heterocycles. The van der Waals surface area contributed by atoms with Crippen molar-refractivity contribution in [3.8, 4) is 0 Å². The third kappa shape index (κ3) is 4.22. The third-order valence-corrected chi connectivity index (χ3v) is 2.79. The average molecular weight is 289 g/mol. The Labute approximate surface area is 117 Å². The van der Waals surface area contributed by atoms with E-state index in [1.165, 1.54) is 11.8 Å². The summed E-state index contributed by atoms with van der Waals surface area (Å²) >= 11 is 0. The van der Waals surface area contributed by atoms with Crippen molar-refractivity contribution in [3.63, 3.8) is 0 Å². The van der Waals surface area contributed by atoms with Crippen LogP contribution >= 0.6 is 12.4 Å². The minimum absolute atomic E-state index is 0. The summed E-state index contributed by atoms with van der Waals surface area (Å²) in [5.74, 6) is -0.0261. The van der Waals surface area contributed by atoms with E-state index < -0.39 is 0 Å². The van der Waals surface area contributed by atoms with Gasteiger partial charge in [-0.15, -0.1) is 12.4 Å². The standard InChI is InChI=1S/C11H16N4O3.ClH/c1-18-10(16)7-15-6-4-9(14-15)13-11(17)8-3-2-5-12-8;/h4,6,8,12H,2-3,5,7H2,1H3,(H,13,14,17);1H. The van der Waals surface area contributed by atoms with E-state index >= 15 is 0 Å². The minimum Gasteiger partial charge on any atom is -0.468 e. The van der Waals surface area contributed by atoms with Crippen LogP contribution in [0, 0.1) is 0 Å². The van der Waals surface area contributed by atoms with Gasteiger partial charge in [0.05, 0.1) is 13.2 Å². The Bertz CT molecular complexity index is 443. The fourth-order valence-corrected chi connectivity index (χ4v) is 1.83. The van der Waals surface area contributed by atoms with Crippen molar-refractivity contribution in [2.24, 2.45) is 0 Å². The normalized spacial score (nSPS) is 17.6. The lowest BCUT2D eigenvalue weighted by molar-refractivity contribution is -0.141. The molecule has 0 bridgehead atoms. The van der Waals surface area contributed by atoms with Crippen LogP contribution < -0.4 is 10.6 Å². The van der Waals surface area contributed by atoms with E-state index in [0.29, 0.717) is 5.82 Å². The molecule has 1 aliphatic heterocycles. The summed E-state index contributed by atoms with van der Waals surface area (Å²) in [4.78, 5) is 22.8. The van der Waals surface area contributed by atoms with Crippen LogP contribution in [-0.4, -0.2) is 41.4 Å². The molecule has 0 saturated carbocycles. The Balaban J connectivity index is 0.00000180. The number of nitrogens with zero attached hydrogens (tertiary/aromatic N) is 2. The maximum Gasteiger partial charge on any atom is 0.327 e. The van der Waals surface area contributed by atoms with Crippen LogP contribution in [0.1, 0.15) is 12.8 Å². The Morgan fingerprint density at radius 2 is 2.42 bits per heavy atom. The lowest BCUT2D eigenvalue weighted by atomic mass is 10.2. The number of nitrogens with one attached hydrogen (secondary N) is 2. The molecule has 106 valence electrons. The number of esters is 1. The summed E-state index contributed by atoms with van der Waals surface area (Å²) in [6.45, 7) is 0.906. The van der Waals surface area contributed by atoms with Crippen molar-refractivity contribution in [3.05, 3.63) is 12.3 Å². The van der Waals surface area contributed by atoms with Gasteiger partial charge in [0.1, 0.15) is 6.54 Å². The number of anilines is 1. The first-order valence-electron chi connectivity index (χ1n) is 5.83. The molecule has 1 aromatic heterocycles. The lowest BCUT2D eigenvalue weighted by Gasteiger charge is -2.08. The molecule has 1 fully saturated rings. The number of carbonyl (C=O) groups is 2. The lowest BCUT2D eigenvalue weighted by Crippen LogP contribution is -2.35. The number of aromatic nitrogens is 2. The first kappa shape index (κ1) is 15.5. The number of halogens is 1. The number of methoxy groups -OCH3 is 1. The van der Waals surface area contributed by atoms with Crippen LogP contribution in [-0.2, 0) is 20.9 Å². The predicted molar refractivity (Wildman–Crippen MR) is 71.1 cm³/mol. The van der Waals surface area contributed by atoms with E-state index in [1.807, 2.05) is 0 Å². The molecule has 0 aliphatic carbocycles. The Morgan fingerprint density at radius 3 is 3.05 bits per heavy atom. The Hall–Kier alpha value is -1.60. The van der Waals surface area contributed by atoms with Gasteiger partial charge in [0.2, 0.25) is 5.91 Å². The second kappa shape index (κ2) is 7.10. The van der Waals surface area contributed by atoms with E-state index in [0.717, 1.165) is 19.4 Å². The fourth-order valence-electron chi connectivity index (χ4n) is 1.83. The molecule has 1 aliphatic rings. The zero-order valence-electron chi connectivity index (χ0n) is 10.6. The van der Waals surface area contributed by atoms with Gasteiger partial charge in [-0.3, -0.25) is 14.3 Å². The molecule has 0 radical (unpaired) electrons. The molecular weight excluding hydrogens is 272 g/mol. The second-order valence-electron chi connectivity index (χ2n) is 4.11. The molecule has 0 aromatic carbocycles. The summed E-state index contributed by atoms with van der Waals surface area (Å²) in [6, 6.07) is 1.51. The zero-order valence-corrected chi connectivity index (χ0v) is 11.4. The molecule has 2 rings (SSSR count). The summed E-state index contributed by atoms with van der Waals surface area (Å²) in [7, 11) is 1.32. The summed E-state index contributed by atoms with van der Waals surface area (Å²) < 4.78 is 5.95. The number of hydrogen-bond donors (Lipinski definition) is 2.